The van der Waals surface area contributed by atoms with Gasteiger partial charge in [0.15, 0.2) is 0 Å². The van der Waals surface area contributed by atoms with Crippen LogP contribution in [0, 0.1) is 0 Å². The van der Waals surface area contributed by atoms with Gasteiger partial charge < -0.3 is 0 Å². The minimum Gasteiger partial charge on any atom is -0.294 e. The number of halogens is 1. The molecule has 0 aliphatic heterocycles. The van der Waals surface area contributed by atoms with Crippen molar-refractivity contribution in [1.29, 1.82) is 0 Å². The maximum Gasteiger partial charge on any atom is 0.239 e. The van der Waals surface area contributed by atoms with E-state index in [1.807, 2.05) is 5.43 Å². The quantitative estimate of drug-likeness (QED) is 0.301. The largest absolute Gasteiger partial charge is 0.294 e. The number of pyridine rings is 1. The number of hydrogen-bond acceptors (Lipinski definition) is 3. The molecular formula is C7H8ClN3O. The Labute approximate surface area is 74.7 Å². The van der Waals surface area contributed by atoms with Crippen molar-refractivity contribution >= 4 is 17.5 Å². The number of nitrogens with two attached hydrogens (primary N) is 1. The zero-order valence-corrected chi connectivity index (χ0v) is 7.01. The summed E-state index contributed by atoms with van der Waals surface area (Å²) in [6.45, 7) is 0. The SMILES string of the molecule is NNC(=O)Cc1cccc(Cl)n1. The molecule has 0 aliphatic carbocycles. The summed E-state index contributed by atoms with van der Waals surface area (Å²) in [6, 6.07) is 5.08. The smallest absolute Gasteiger partial charge is 0.239 e. The van der Waals surface area contributed by atoms with Crippen molar-refractivity contribution in [2.24, 2.45) is 5.84 Å². The van der Waals surface area contributed by atoms with Crippen LogP contribution in [0.3, 0.4) is 0 Å². The maximum atomic E-state index is 10.8. The molecule has 64 valence electrons. The topological polar surface area (TPSA) is 68.0 Å². The molecule has 0 unspecified atom stereocenters. The first kappa shape index (κ1) is 8.96. The van der Waals surface area contributed by atoms with Crippen LogP contribution in [0.25, 0.3) is 0 Å². The summed E-state index contributed by atoms with van der Waals surface area (Å²) < 4.78 is 0. The molecule has 0 atom stereocenters. The predicted octanol–water partition coefficient (Wildman–Crippen LogP) is 0.267. The second-order valence-corrected chi connectivity index (χ2v) is 2.58. The molecule has 1 aromatic heterocycles. The van der Waals surface area contributed by atoms with E-state index in [1.165, 1.54) is 0 Å². The molecule has 1 amide bonds. The fraction of sp³-hybridized carbons (Fsp3) is 0.143. The van der Waals surface area contributed by atoms with E-state index in [9.17, 15) is 4.79 Å². The van der Waals surface area contributed by atoms with E-state index in [2.05, 4.69) is 4.98 Å². The molecule has 0 fully saturated rings. The average Bonchev–Trinajstić information content (AvgIpc) is 2.04. The lowest BCUT2D eigenvalue weighted by Gasteiger charge is -1.98. The van der Waals surface area contributed by atoms with Gasteiger partial charge in [0.25, 0.3) is 0 Å². The summed E-state index contributed by atoms with van der Waals surface area (Å²) in [5.74, 6) is 4.61. The number of hydrogen-bond donors (Lipinski definition) is 2. The van der Waals surface area contributed by atoms with Crippen LogP contribution in [0.15, 0.2) is 18.2 Å². The van der Waals surface area contributed by atoms with Gasteiger partial charge in [-0.15, -0.1) is 0 Å². The zero-order valence-electron chi connectivity index (χ0n) is 6.25. The van der Waals surface area contributed by atoms with Gasteiger partial charge in [-0.25, -0.2) is 10.8 Å². The van der Waals surface area contributed by atoms with Crippen LogP contribution in [-0.4, -0.2) is 10.9 Å². The van der Waals surface area contributed by atoms with Crippen molar-refractivity contribution < 1.29 is 4.79 Å². The summed E-state index contributed by atoms with van der Waals surface area (Å²) in [7, 11) is 0. The summed E-state index contributed by atoms with van der Waals surface area (Å²) in [4.78, 5) is 14.7. The van der Waals surface area contributed by atoms with Gasteiger partial charge in [0.1, 0.15) is 5.15 Å². The van der Waals surface area contributed by atoms with Crippen LogP contribution in [0.1, 0.15) is 5.69 Å². The van der Waals surface area contributed by atoms with E-state index in [-0.39, 0.29) is 12.3 Å². The number of nitrogens with one attached hydrogen (secondary N) is 1. The van der Waals surface area contributed by atoms with Crippen LogP contribution in [0.5, 0.6) is 0 Å². The molecule has 0 aromatic carbocycles. The third kappa shape index (κ3) is 2.48. The Hall–Kier alpha value is -1.13. The van der Waals surface area contributed by atoms with E-state index in [0.717, 1.165) is 0 Å². The molecule has 0 radical (unpaired) electrons. The van der Waals surface area contributed by atoms with Gasteiger partial charge in [-0.05, 0) is 12.1 Å². The van der Waals surface area contributed by atoms with E-state index >= 15 is 0 Å². The third-order valence-electron chi connectivity index (χ3n) is 1.28. The van der Waals surface area contributed by atoms with Gasteiger partial charge >= 0.3 is 0 Å². The summed E-state index contributed by atoms with van der Waals surface area (Å²) >= 11 is 5.60. The molecule has 4 nitrogen and oxygen atoms in total. The number of nitrogens with zero attached hydrogens (tertiary/aromatic N) is 1. The second kappa shape index (κ2) is 4.04. The Morgan fingerprint density at radius 1 is 1.67 bits per heavy atom. The molecule has 3 N–H and O–H groups in total. The molecule has 12 heavy (non-hydrogen) atoms. The van der Waals surface area contributed by atoms with Gasteiger partial charge in [-0.1, -0.05) is 17.7 Å². The van der Waals surface area contributed by atoms with Crippen LogP contribution < -0.4 is 11.3 Å². The number of carbonyl (C=O) groups excluding carboxylic acids is 1. The minimum absolute atomic E-state index is 0.150. The molecule has 0 saturated carbocycles. The van der Waals surface area contributed by atoms with E-state index < -0.39 is 0 Å². The predicted molar refractivity (Wildman–Crippen MR) is 45.3 cm³/mol. The van der Waals surface area contributed by atoms with Crippen molar-refractivity contribution in [3.05, 3.63) is 29.0 Å². The fourth-order valence-corrected chi connectivity index (χ4v) is 0.946. The Morgan fingerprint density at radius 2 is 2.42 bits per heavy atom. The highest BCUT2D eigenvalue weighted by Gasteiger charge is 2.01. The molecule has 0 aliphatic rings. The third-order valence-corrected chi connectivity index (χ3v) is 1.49. The van der Waals surface area contributed by atoms with Crippen LogP contribution in [0.4, 0.5) is 0 Å². The lowest BCUT2D eigenvalue weighted by Crippen LogP contribution is -2.31. The Kier molecular flexibility index (Phi) is 3.01. The van der Waals surface area contributed by atoms with Crippen LogP contribution >= 0.6 is 11.6 Å². The fourth-order valence-electron chi connectivity index (χ4n) is 0.764. The summed E-state index contributed by atoms with van der Waals surface area (Å²) in [6.07, 6.45) is 0.150. The van der Waals surface area contributed by atoms with E-state index in [0.29, 0.717) is 10.8 Å². The monoisotopic (exact) mass is 185 g/mol. The lowest BCUT2D eigenvalue weighted by atomic mass is 10.3. The lowest BCUT2D eigenvalue weighted by molar-refractivity contribution is -0.120. The van der Waals surface area contributed by atoms with Gasteiger partial charge in [0.05, 0.1) is 12.1 Å². The first-order chi connectivity index (χ1) is 5.72. The Morgan fingerprint density at radius 3 is 3.00 bits per heavy atom. The molecule has 0 bridgehead atoms. The molecule has 5 heteroatoms. The molecule has 1 aromatic rings. The van der Waals surface area contributed by atoms with Crippen molar-refractivity contribution in [3.63, 3.8) is 0 Å². The van der Waals surface area contributed by atoms with Crippen molar-refractivity contribution in [2.45, 2.75) is 6.42 Å². The summed E-state index contributed by atoms with van der Waals surface area (Å²) in [5, 5.41) is 0.373. The number of amides is 1. The number of carbonyl (C=O) groups is 1. The Balaban J connectivity index is 2.69. The number of rotatable bonds is 2. The van der Waals surface area contributed by atoms with Gasteiger partial charge in [-0.2, -0.15) is 0 Å². The van der Waals surface area contributed by atoms with E-state index in [4.69, 9.17) is 17.4 Å². The number of hydrazine groups is 1. The normalized spacial score (nSPS) is 9.50. The van der Waals surface area contributed by atoms with E-state index in [1.54, 1.807) is 18.2 Å². The highest BCUT2D eigenvalue weighted by molar-refractivity contribution is 6.29. The van der Waals surface area contributed by atoms with Crippen molar-refractivity contribution in [2.75, 3.05) is 0 Å². The van der Waals surface area contributed by atoms with Gasteiger partial charge in [-0.3, -0.25) is 10.2 Å². The van der Waals surface area contributed by atoms with Crippen LogP contribution in [0.2, 0.25) is 5.15 Å². The first-order valence-corrected chi connectivity index (χ1v) is 3.71. The standard InChI is InChI=1S/C7H8ClN3O/c8-6-3-1-2-5(10-6)4-7(12)11-9/h1-3H,4,9H2,(H,11,12). The van der Waals surface area contributed by atoms with Gasteiger partial charge in [0.2, 0.25) is 5.91 Å². The number of aromatic nitrogens is 1. The molecule has 1 rings (SSSR count). The van der Waals surface area contributed by atoms with Crippen molar-refractivity contribution in [1.82, 2.24) is 10.4 Å². The van der Waals surface area contributed by atoms with Gasteiger partial charge in [0, 0.05) is 0 Å². The highest BCUT2D eigenvalue weighted by Crippen LogP contribution is 2.05. The molecule has 1 heterocycles. The molecule has 0 saturated heterocycles. The summed E-state index contributed by atoms with van der Waals surface area (Å²) in [5.41, 5.74) is 2.61. The van der Waals surface area contributed by atoms with Crippen LogP contribution in [-0.2, 0) is 11.2 Å². The molecular weight excluding hydrogens is 178 g/mol. The average molecular weight is 186 g/mol. The minimum atomic E-state index is -0.287. The highest BCUT2D eigenvalue weighted by atomic mass is 35.5. The Bertz CT molecular complexity index is 290. The maximum absolute atomic E-state index is 10.8. The van der Waals surface area contributed by atoms with Crippen molar-refractivity contribution in [3.8, 4) is 0 Å². The second-order valence-electron chi connectivity index (χ2n) is 2.20. The molecule has 0 spiro atoms. The first-order valence-electron chi connectivity index (χ1n) is 3.33. The zero-order chi connectivity index (χ0) is 8.97.